The largest absolute Gasteiger partial charge is 0.440 e. The van der Waals surface area contributed by atoms with Crippen LogP contribution < -0.4 is 0 Å². The van der Waals surface area contributed by atoms with E-state index < -0.39 is 0 Å². The summed E-state index contributed by atoms with van der Waals surface area (Å²) in [7, 11) is 0. The molecule has 2 aromatic heterocycles. The maximum absolute atomic E-state index is 13.4. The van der Waals surface area contributed by atoms with E-state index in [-0.39, 0.29) is 11.7 Å². The smallest absolute Gasteiger partial charge is 0.199 e. The number of hydrogen-bond acceptors (Lipinski definition) is 5. The van der Waals surface area contributed by atoms with E-state index in [1.54, 1.807) is 6.07 Å². The van der Waals surface area contributed by atoms with E-state index in [1.165, 1.54) is 12.1 Å². The van der Waals surface area contributed by atoms with Crippen LogP contribution in [0.2, 0.25) is 0 Å². The van der Waals surface area contributed by atoms with Crippen molar-refractivity contribution in [3.63, 3.8) is 0 Å². The van der Waals surface area contributed by atoms with Gasteiger partial charge in [0.25, 0.3) is 0 Å². The summed E-state index contributed by atoms with van der Waals surface area (Å²) in [5, 5.41) is 0. The predicted molar refractivity (Wildman–Crippen MR) is 101 cm³/mol. The molecule has 0 radical (unpaired) electrons. The Morgan fingerprint density at radius 2 is 1.96 bits per heavy atom. The number of halogens is 1. The number of benzene rings is 2. The Bertz CT molecular complexity index is 1110. The fourth-order valence-corrected chi connectivity index (χ4v) is 3.79. The molecule has 5 nitrogen and oxygen atoms in total. The van der Waals surface area contributed by atoms with Crippen LogP contribution >= 0.6 is 0 Å². The molecule has 3 heterocycles. The lowest BCUT2D eigenvalue weighted by atomic mass is 9.98. The summed E-state index contributed by atoms with van der Waals surface area (Å²) in [5.74, 6) is 0.609. The second kappa shape index (κ2) is 6.70. The van der Waals surface area contributed by atoms with Crippen molar-refractivity contribution in [2.75, 3.05) is 13.1 Å². The third-order valence-corrected chi connectivity index (χ3v) is 5.11. The minimum Gasteiger partial charge on any atom is -0.440 e. The lowest BCUT2D eigenvalue weighted by Crippen LogP contribution is -2.34. The molecular weight excluding hydrogens is 343 g/mol. The van der Waals surface area contributed by atoms with Crippen LogP contribution in [0.5, 0.6) is 0 Å². The summed E-state index contributed by atoms with van der Waals surface area (Å²) in [6.07, 6.45) is 3.95. The van der Waals surface area contributed by atoms with Crippen molar-refractivity contribution in [2.45, 2.75) is 25.3 Å². The molecule has 1 atom stereocenters. The maximum Gasteiger partial charge on any atom is 0.199 e. The van der Waals surface area contributed by atoms with Gasteiger partial charge in [0, 0.05) is 25.1 Å². The Morgan fingerprint density at radius 3 is 2.89 bits per heavy atom. The van der Waals surface area contributed by atoms with Gasteiger partial charge in [-0.1, -0.05) is 12.1 Å². The SMILES string of the molecule is Fc1ccc2nc(C3CCCN(Cc4cnc5ccccc5n4)C3)oc2c1. The van der Waals surface area contributed by atoms with E-state index in [9.17, 15) is 4.39 Å². The van der Waals surface area contributed by atoms with E-state index in [1.807, 2.05) is 30.5 Å². The molecule has 0 saturated carbocycles. The van der Waals surface area contributed by atoms with Gasteiger partial charge in [-0.2, -0.15) is 0 Å². The fraction of sp³-hybridized carbons (Fsp3) is 0.286. The molecular formula is C21H19FN4O. The molecule has 0 spiro atoms. The van der Waals surface area contributed by atoms with Crippen molar-refractivity contribution >= 4 is 22.1 Å². The molecule has 136 valence electrons. The minimum absolute atomic E-state index is 0.211. The third-order valence-electron chi connectivity index (χ3n) is 5.11. The number of nitrogens with zero attached hydrogens (tertiary/aromatic N) is 4. The van der Waals surface area contributed by atoms with Gasteiger partial charge in [-0.15, -0.1) is 0 Å². The zero-order valence-electron chi connectivity index (χ0n) is 14.8. The standard InChI is InChI=1S/C21H19FN4O/c22-15-7-8-19-20(10-15)27-21(25-19)14-4-3-9-26(12-14)13-16-11-23-17-5-1-2-6-18(17)24-16/h1-2,5-8,10-11,14H,3-4,9,12-13H2. The maximum atomic E-state index is 13.4. The molecule has 27 heavy (non-hydrogen) atoms. The highest BCUT2D eigenvalue weighted by atomic mass is 19.1. The highest BCUT2D eigenvalue weighted by Gasteiger charge is 2.26. The van der Waals surface area contributed by atoms with Crippen molar-refractivity contribution in [1.29, 1.82) is 0 Å². The average Bonchev–Trinajstić information content (AvgIpc) is 3.11. The van der Waals surface area contributed by atoms with Crippen molar-refractivity contribution in [3.05, 3.63) is 66.1 Å². The van der Waals surface area contributed by atoms with Gasteiger partial charge in [0.2, 0.25) is 0 Å². The van der Waals surface area contributed by atoms with Gasteiger partial charge in [-0.3, -0.25) is 9.88 Å². The molecule has 0 N–H and O–H groups in total. The van der Waals surface area contributed by atoms with Gasteiger partial charge in [0.1, 0.15) is 11.3 Å². The van der Waals surface area contributed by atoms with Crippen LogP contribution in [-0.2, 0) is 6.54 Å². The van der Waals surface area contributed by atoms with E-state index >= 15 is 0 Å². The minimum atomic E-state index is -0.301. The highest BCUT2D eigenvalue weighted by molar-refractivity contribution is 5.73. The average molecular weight is 362 g/mol. The lowest BCUT2D eigenvalue weighted by molar-refractivity contribution is 0.185. The summed E-state index contributed by atoms with van der Waals surface area (Å²) < 4.78 is 19.2. The lowest BCUT2D eigenvalue weighted by Gasteiger charge is -2.30. The van der Waals surface area contributed by atoms with Crippen molar-refractivity contribution in [2.24, 2.45) is 0 Å². The molecule has 5 rings (SSSR count). The van der Waals surface area contributed by atoms with Crippen LogP contribution in [0.1, 0.15) is 30.3 Å². The molecule has 0 aliphatic carbocycles. The number of fused-ring (bicyclic) bond motifs is 2. The summed E-state index contributed by atoms with van der Waals surface area (Å²) in [4.78, 5) is 16.2. The number of aromatic nitrogens is 3. The normalized spacial score (nSPS) is 18.3. The Morgan fingerprint density at radius 1 is 1.07 bits per heavy atom. The van der Waals surface area contributed by atoms with Crippen molar-refractivity contribution in [3.8, 4) is 0 Å². The summed E-state index contributed by atoms with van der Waals surface area (Å²) in [6, 6.07) is 12.4. The van der Waals surface area contributed by atoms with Gasteiger partial charge in [0.05, 0.1) is 22.9 Å². The zero-order valence-corrected chi connectivity index (χ0v) is 14.8. The number of para-hydroxylation sites is 2. The molecule has 6 heteroatoms. The molecule has 1 saturated heterocycles. The summed E-state index contributed by atoms with van der Waals surface area (Å²) in [6.45, 7) is 2.62. The van der Waals surface area contributed by atoms with Crippen LogP contribution in [-0.4, -0.2) is 32.9 Å². The molecule has 0 amide bonds. The molecule has 0 bridgehead atoms. The number of piperidine rings is 1. The van der Waals surface area contributed by atoms with E-state index in [2.05, 4.69) is 14.9 Å². The first-order chi connectivity index (χ1) is 13.2. The molecule has 1 aliphatic rings. The third kappa shape index (κ3) is 3.28. The highest BCUT2D eigenvalue weighted by Crippen LogP contribution is 2.29. The van der Waals surface area contributed by atoms with Crippen LogP contribution in [0.4, 0.5) is 4.39 Å². The first-order valence-corrected chi connectivity index (χ1v) is 9.23. The molecule has 1 aliphatic heterocycles. The first-order valence-electron chi connectivity index (χ1n) is 9.23. The predicted octanol–water partition coefficient (Wildman–Crippen LogP) is 4.29. The second-order valence-electron chi connectivity index (χ2n) is 7.09. The topological polar surface area (TPSA) is 55.1 Å². The first kappa shape index (κ1) is 16.3. The van der Waals surface area contributed by atoms with E-state index in [0.717, 1.165) is 49.2 Å². The Kier molecular flexibility index (Phi) is 4.05. The number of hydrogen-bond donors (Lipinski definition) is 0. The second-order valence-corrected chi connectivity index (χ2v) is 7.09. The monoisotopic (exact) mass is 362 g/mol. The van der Waals surface area contributed by atoms with Crippen molar-refractivity contribution in [1.82, 2.24) is 19.9 Å². The van der Waals surface area contributed by atoms with Crippen molar-refractivity contribution < 1.29 is 8.81 Å². The van der Waals surface area contributed by atoms with E-state index in [0.29, 0.717) is 17.0 Å². The Labute approximate surface area is 155 Å². The number of rotatable bonds is 3. The van der Waals surface area contributed by atoms with Crippen LogP contribution in [0.25, 0.3) is 22.1 Å². The summed E-state index contributed by atoms with van der Waals surface area (Å²) in [5.41, 5.74) is 4.03. The molecule has 1 fully saturated rings. The van der Waals surface area contributed by atoms with Gasteiger partial charge in [-0.25, -0.2) is 14.4 Å². The van der Waals surface area contributed by atoms with Crippen LogP contribution in [0, 0.1) is 5.82 Å². The van der Waals surface area contributed by atoms with Gasteiger partial charge >= 0.3 is 0 Å². The van der Waals surface area contributed by atoms with Crippen LogP contribution in [0.3, 0.4) is 0 Å². The van der Waals surface area contributed by atoms with E-state index in [4.69, 9.17) is 9.40 Å². The van der Waals surface area contributed by atoms with Gasteiger partial charge in [-0.05, 0) is 43.7 Å². The summed E-state index contributed by atoms with van der Waals surface area (Å²) >= 11 is 0. The van der Waals surface area contributed by atoms with Crippen LogP contribution in [0.15, 0.2) is 53.1 Å². The Hall–Kier alpha value is -2.86. The fourth-order valence-electron chi connectivity index (χ4n) is 3.79. The van der Waals surface area contributed by atoms with Gasteiger partial charge < -0.3 is 4.42 Å². The molecule has 1 unspecified atom stereocenters. The zero-order chi connectivity index (χ0) is 18.2. The number of likely N-dealkylation sites (tertiary alicyclic amines) is 1. The molecule has 2 aromatic carbocycles. The van der Waals surface area contributed by atoms with Gasteiger partial charge in [0.15, 0.2) is 11.5 Å². The number of oxazole rings is 1. The quantitative estimate of drug-likeness (QED) is 0.544. The molecule has 4 aromatic rings. The Balaban J connectivity index is 1.34.